The van der Waals surface area contributed by atoms with Gasteiger partial charge in [0, 0.05) is 17.6 Å². The fourth-order valence-corrected chi connectivity index (χ4v) is 2.52. The number of hydrogen-bond donors (Lipinski definition) is 3. The lowest BCUT2D eigenvalue weighted by atomic mass is 10.2. The van der Waals surface area contributed by atoms with Gasteiger partial charge in [-0.05, 0) is 12.8 Å². The van der Waals surface area contributed by atoms with Gasteiger partial charge in [0.2, 0.25) is 0 Å². The standard InChI is InChI=1S/C10H13N3O4S/c14-8(15)7-2-1-3-13(7)9(16)11-4-6-5-18-10(17)12-6/h5,7H,1-4H2,(H,11,16)(H,12,17)(H,14,15)/t7-/m0/s1. The number of nitrogens with one attached hydrogen (secondary N) is 2. The number of thiazole rings is 1. The number of carbonyl (C=O) groups is 2. The van der Waals surface area contributed by atoms with E-state index in [-0.39, 0.29) is 11.4 Å². The number of carboxylic acids is 1. The molecule has 1 saturated heterocycles. The van der Waals surface area contributed by atoms with Gasteiger partial charge in [0.15, 0.2) is 0 Å². The van der Waals surface area contributed by atoms with Crippen molar-refractivity contribution in [3.63, 3.8) is 0 Å². The second-order valence-electron chi connectivity index (χ2n) is 4.02. The predicted octanol–water partition coefficient (Wildman–Crippen LogP) is 0.195. The first-order valence-electron chi connectivity index (χ1n) is 5.52. The lowest BCUT2D eigenvalue weighted by molar-refractivity contribution is -0.141. The highest BCUT2D eigenvalue weighted by atomic mass is 32.1. The molecule has 0 unspecified atom stereocenters. The summed E-state index contributed by atoms with van der Waals surface area (Å²) in [5.41, 5.74) is 0.615. The average Bonchev–Trinajstić information content (AvgIpc) is 2.94. The summed E-state index contributed by atoms with van der Waals surface area (Å²) in [4.78, 5) is 37.3. The monoisotopic (exact) mass is 271 g/mol. The van der Waals surface area contributed by atoms with Crippen LogP contribution in [-0.2, 0) is 11.3 Å². The van der Waals surface area contributed by atoms with Crippen LogP contribution in [0.4, 0.5) is 4.79 Å². The number of aliphatic carboxylic acids is 1. The minimum Gasteiger partial charge on any atom is -0.480 e. The smallest absolute Gasteiger partial charge is 0.326 e. The molecule has 1 aromatic heterocycles. The highest BCUT2D eigenvalue weighted by Crippen LogP contribution is 2.17. The highest BCUT2D eigenvalue weighted by Gasteiger charge is 2.33. The number of urea groups is 1. The summed E-state index contributed by atoms with van der Waals surface area (Å²) < 4.78 is 0. The maximum atomic E-state index is 11.8. The SMILES string of the molecule is O=C(O)[C@@H]1CCCN1C(=O)NCc1csc(=O)[nH]1. The Morgan fingerprint density at radius 2 is 2.39 bits per heavy atom. The minimum absolute atomic E-state index is 0.177. The van der Waals surface area contributed by atoms with Crippen molar-refractivity contribution in [2.75, 3.05) is 6.54 Å². The molecule has 0 saturated carbocycles. The van der Waals surface area contributed by atoms with E-state index in [1.807, 2.05) is 0 Å². The third kappa shape index (κ3) is 2.70. The van der Waals surface area contributed by atoms with E-state index in [0.29, 0.717) is 25.1 Å². The number of carbonyl (C=O) groups excluding carboxylic acids is 1. The Morgan fingerprint density at radius 3 is 3.00 bits per heavy atom. The fraction of sp³-hybridized carbons (Fsp3) is 0.500. The van der Waals surface area contributed by atoms with Crippen LogP contribution in [0.1, 0.15) is 18.5 Å². The van der Waals surface area contributed by atoms with Gasteiger partial charge in [-0.2, -0.15) is 0 Å². The Morgan fingerprint density at radius 1 is 1.61 bits per heavy atom. The topological polar surface area (TPSA) is 102 Å². The Balaban J connectivity index is 1.91. The van der Waals surface area contributed by atoms with E-state index < -0.39 is 18.0 Å². The van der Waals surface area contributed by atoms with Gasteiger partial charge >= 0.3 is 16.9 Å². The molecular formula is C10H13N3O4S. The Hall–Kier alpha value is -1.83. The molecule has 18 heavy (non-hydrogen) atoms. The van der Waals surface area contributed by atoms with Crippen molar-refractivity contribution in [2.45, 2.75) is 25.4 Å². The van der Waals surface area contributed by atoms with Crippen LogP contribution in [0.2, 0.25) is 0 Å². The molecule has 0 spiro atoms. The number of nitrogens with zero attached hydrogens (tertiary/aromatic N) is 1. The fourth-order valence-electron chi connectivity index (χ4n) is 1.94. The van der Waals surface area contributed by atoms with Gasteiger partial charge in [-0.3, -0.25) is 4.79 Å². The molecule has 98 valence electrons. The zero-order valence-electron chi connectivity index (χ0n) is 9.51. The molecule has 1 atom stereocenters. The van der Waals surface area contributed by atoms with Gasteiger partial charge in [-0.1, -0.05) is 11.3 Å². The predicted molar refractivity (Wildman–Crippen MR) is 64.5 cm³/mol. The minimum atomic E-state index is -0.980. The van der Waals surface area contributed by atoms with Gasteiger partial charge in [-0.25, -0.2) is 9.59 Å². The van der Waals surface area contributed by atoms with Crippen molar-refractivity contribution in [1.29, 1.82) is 0 Å². The molecule has 2 amide bonds. The van der Waals surface area contributed by atoms with Crippen LogP contribution in [0.15, 0.2) is 10.2 Å². The number of hydrogen-bond acceptors (Lipinski definition) is 4. The number of rotatable bonds is 3. The molecule has 1 aliphatic rings. The number of carboxylic acid groups (broad SMARTS) is 1. The first-order valence-corrected chi connectivity index (χ1v) is 6.40. The van der Waals surface area contributed by atoms with Crippen molar-refractivity contribution < 1.29 is 14.7 Å². The van der Waals surface area contributed by atoms with Crippen LogP contribution >= 0.6 is 11.3 Å². The van der Waals surface area contributed by atoms with Crippen molar-refractivity contribution in [3.8, 4) is 0 Å². The molecule has 1 fully saturated rings. The summed E-state index contributed by atoms with van der Waals surface area (Å²) in [6, 6.07) is -1.15. The molecule has 0 aliphatic carbocycles. The summed E-state index contributed by atoms with van der Waals surface area (Å²) in [5, 5.41) is 13.2. The van der Waals surface area contributed by atoms with Crippen molar-refractivity contribution in [2.24, 2.45) is 0 Å². The molecule has 1 aliphatic heterocycles. The van der Waals surface area contributed by atoms with Crippen LogP contribution < -0.4 is 10.2 Å². The van der Waals surface area contributed by atoms with Gasteiger partial charge in [-0.15, -0.1) is 0 Å². The number of amides is 2. The van der Waals surface area contributed by atoms with E-state index in [2.05, 4.69) is 10.3 Å². The molecule has 3 N–H and O–H groups in total. The van der Waals surface area contributed by atoms with E-state index >= 15 is 0 Å². The zero-order valence-corrected chi connectivity index (χ0v) is 10.3. The molecular weight excluding hydrogens is 258 g/mol. The normalized spacial score (nSPS) is 18.9. The molecule has 8 heteroatoms. The molecule has 7 nitrogen and oxygen atoms in total. The zero-order chi connectivity index (χ0) is 13.1. The summed E-state index contributed by atoms with van der Waals surface area (Å²) in [6.45, 7) is 0.642. The van der Waals surface area contributed by atoms with Crippen LogP contribution in [0, 0.1) is 0 Å². The van der Waals surface area contributed by atoms with Gasteiger partial charge in [0.25, 0.3) is 0 Å². The third-order valence-electron chi connectivity index (χ3n) is 2.80. The highest BCUT2D eigenvalue weighted by molar-refractivity contribution is 7.07. The van der Waals surface area contributed by atoms with Gasteiger partial charge in [0.05, 0.1) is 6.54 Å². The summed E-state index contributed by atoms with van der Waals surface area (Å²) in [7, 11) is 0. The van der Waals surface area contributed by atoms with E-state index in [0.717, 1.165) is 11.3 Å². The van der Waals surface area contributed by atoms with Gasteiger partial charge in [0.1, 0.15) is 6.04 Å². The Labute approximate surface area is 106 Å². The molecule has 0 radical (unpaired) electrons. The van der Waals surface area contributed by atoms with Crippen molar-refractivity contribution in [3.05, 3.63) is 20.7 Å². The number of aromatic amines is 1. The van der Waals surface area contributed by atoms with Crippen LogP contribution in [0.25, 0.3) is 0 Å². The molecule has 2 heterocycles. The third-order valence-corrected chi connectivity index (χ3v) is 3.52. The molecule has 2 rings (SSSR count). The average molecular weight is 271 g/mol. The summed E-state index contributed by atoms with van der Waals surface area (Å²) >= 11 is 1.02. The van der Waals surface area contributed by atoms with E-state index in [1.165, 1.54) is 4.90 Å². The second-order valence-corrected chi connectivity index (χ2v) is 4.86. The Bertz CT molecular complexity index is 509. The summed E-state index contributed by atoms with van der Waals surface area (Å²) in [6.07, 6.45) is 1.18. The molecule has 1 aromatic rings. The largest absolute Gasteiger partial charge is 0.480 e. The maximum Gasteiger partial charge on any atom is 0.326 e. The number of aromatic nitrogens is 1. The second kappa shape index (κ2) is 5.21. The Kier molecular flexibility index (Phi) is 3.66. The van der Waals surface area contributed by atoms with Crippen LogP contribution in [0.3, 0.4) is 0 Å². The van der Waals surface area contributed by atoms with E-state index in [4.69, 9.17) is 5.11 Å². The van der Waals surface area contributed by atoms with Crippen LogP contribution in [0.5, 0.6) is 0 Å². The quantitative estimate of drug-likeness (QED) is 0.730. The van der Waals surface area contributed by atoms with E-state index in [1.54, 1.807) is 5.38 Å². The number of H-pyrrole nitrogens is 1. The first kappa shape index (κ1) is 12.6. The lowest BCUT2D eigenvalue weighted by Gasteiger charge is -2.21. The summed E-state index contributed by atoms with van der Waals surface area (Å²) in [5.74, 6) is -0.980. The van der Waals surface area contributed by atoms with Gasteiger partial charge < -0.3 is 20.3 Å². The molecule has 0 aromatic carbocycles. The first-order chi connectivity index (χ1) is 8.58. The maximum absolute atomic E-state index is 11.8. The molecule has 0 bridgehead atoms. The van der Waals surface area contributed by atoms with E-state index in [9.17, 15) is 14.4 Å². The lowest BCUT2D eigenvalue weighted by Crippen LogP contribution is -2.45. The van der Waals surface area contributed by atoms with Crippen molar-refractivity contribution in [1.82, 2.24) is 15.2 Å². The number of likely N-dealkylation sites (tertiary alicyclic amines) is 1. The van der Waals surface area contributed by atoms with Crippen LogP contribution in [-0.4, -0.2) is 39.6 Å². The van der Waals surface area contributed by atoms with Crippen molar-refractivity contribution >= 4 is 23.3 Å².